The van der Waals surface area contributed by atoms with Crippen molar-refractivity contribution in [2.75, 3.05) is 25.0 Å². The number of pyridine rings is 1. The predicted octanol–water partition coefficient (Wildman–Crippen LogP) is 3.68. The van der Waals surface area contributed by atoms with E-state index in [1.165, 1.54) is 0 Å². The number of hydrogen-bond acceptors (Lipinski definition) is 4. The highest BCUT2D eigenvalue weighted by molar-refractivity contribution is 9.10. The zero-order valence-corrected chi connectivity index (χ0v) is 15.3. The lowest BCUT2D eigenvalue weighted by molar-refractivity contribution is 0.0205. The lowest BCUT2D eigenvalue weighted by atomic mass is 10.0. The summed E-state index contributed by atoms with van der Waals surface area (Å²) >= 11 is 3.40. The van der Waals surface area contributed by atoms with Gasteiger partial charge in [-0.15, -0.1) is 0 Å². The Hall–Kier alpha value is -1.30. The monoisotopic (exact) mass is 369 g/mol. The average molecular weight is 370 g/mol. The van der Waals surface area contributed by atoms with Gasteiger partial charge in [0.15, 0.2) is 0 Å². The van der Waals surface area contributed by atoms with Crippen LogP contribution < -0.4 is 4.90 Å². The highest BCUT2D eigenvalue weighted by Gasteiger charge is 2.28. The Balaban J connectivity index is 1.89. The van der Waals surface area contributed by atoms with Crippen LogP contribution in [0, 0.1) is 0 Å². The van der Waals surface area contributed by atoms with Gasteiger partial charge in [0.1, 0.15) is 11.4 Å². The first kappa shape index (κ1) is 17.1. The molecule has 1 fully saturated rings. The summed E-state index contributed by atoms with van der Waals surface area (Å²) in [6, 6.07) is 4.39. The molecule has 22 heavy (non-hydrogen) atoms. The number of halogens is 1. The number of likely N-dealkylation sites (tertiary alicyclic amines) is 1. The first-order chi connectivity index (χ1) is 10.3. The van der Waals surface area contributed by atoms with E-state index in [4.69, 9.17) is 4.74 Å². The lowest BCUT2D eigenvalue weighted by Gasteiger charge is -2.37. The molecule has 1 aromatic heterocycles. The second kappa shape index (κ2) is 6.86. The Labute approximate surface area is 140 Å². The van der Waals surface area contributed by atoms with Crippen LogP contribution in [0.5, 0.6) is 0 Å². The van der Waals surface area contributed by atoms with Crippen molar-refractivity contribution in [1.29, 1.82) is 0 Å². The molecule has 2 heterocycles. The smallest absolute Gasteiger partial charge is 0.410 e. The molecule has 0 N–H and O–H groups in total. The van der Waals surface area contributed by atoms with Crippen molar-refractivity contribution in [3.05, 3.63) is 22.8 Å². The molecule has 6 heteroatoms. The van der Waals surface area contributed by atoms with Gasteiger partial charge in [-0.1, -0.05) is 0 Å². The Morgan fingerprint density at radius 2 is 2.00 bits per heavy atom. The van der Waals surface area contributed by atoms with Crippen molar-refractivity contribution in [3.8, 4) is 0 Å². The first-order valence-electron chi connectivity index (χ1n) is 7.58. The summed E-state index contributed by atoms with van der Waals surface area (Å²) in [6.45, 7) is 7.13. The van der Waals surface area contributed by atoms with Crippen LogP contribution in [0.2, 0.25) is 0 Å². The normalized spacial score (nSPS) is 16.5. The summed E-state index contributed by atoms with van der Waals surface area (Å²) < 4.78 is 6.40. The van der Waals surface area contributed by atoms with Gasteiger partial charge in [0.2, 0.25) is 0 Å². The summed E-state index contributed by atoms with van der Waals surface area (Å²) in [5.74, 6) is 0.957. The van der Waals surface area contributed by atoms with E-state index in [1.54, 1.807) is 4.90 Å². The van der Waals surface area contributed by atoms with E-state index in [9.17, 15) is 4.79 Å². The molecule has 1 aromatic rings. The first-order valence-corrected chi connectivity index (χ1v) is 8.38. The molecule has 2 rings (SSSR count). The summed E-state index contributed by atoms with van der Waals surface area (Å²) in [4.78, 5) is 20.5. The minimum Gasteiger partial charge on any atom is -0.444 e. The van der Waals surface area contributed by atoms with Crippen molar-refractivity contribution in [2.45, 2.75) is 45.3 Å². The number of carbonyl (C=O) groups excluding carboxylic acids is 1. The number of aromatic nitrogens is 1. The molecule has 1 aliphatic rings. The number of ether oxygens (including phenoxy) is 1. The third kappa shape index (κ3) is 4.60. The summed E-state index contributed by atoms with van der Waals surface area (Å²) in [5.41, 5.74) is -0.438. The van der Waals surface area contributed by atoms with Crippen molar-refractivity contribution < 1.29 is 9.53 Å². The van der Waals surface area contributed by atoms with Crippen molar-refractivity contribution in [3.63, 3.8) is 0 Å². The fourth-order valence-corrected chi connectivity index (χ4v) is 2.76. The summed E-state index contributed by atoms with van der Waals surface area (Å²) in [5, 5.41) is 0. The standard InChI is InChI=1S/C16H24BrN3O2/c1-16(2,3)22-15(21)20-9-7-13(8-10-20)19(4)14-6-5-12(17)11-18-14/h5-6,11,13H,7-10H2,1-4H3. The van der Waals surface area contributed by atoms with E-state index in [0.717, 1.165) is 36.2 Å². The topological polar surface area (TPSA) is 45.7 Å². The van der Waals surface area contributed by atoms with Gasteiger partial charge < -0.3 is 14.5 Å². The molecule has 1 aliphatic heterocycles. The van der Waals surface area contributed by atoms with Gasteiger partial charge in [-0.25, -0.2) is 9.78 Å². The number of carbonyl (C=O) groups is 1. The highest BCUT2D eigenvalue weighted by Crippen LogP contribution is 2.22. The Morgan fingerprint density at radius 1 is 1.36 bits per heavy atom. The highest BCUT2D eigenvalue weighted by atomic mass is 79.9. The number of nitrogens with zero attached hydrogens (tertiary/aromatic N) is 3. The quantitative estimate of drug-likeness (QED) is 0.797. The maximum absolute atomic E-state index is 12.1. The molecule has 0 bridgehead atoms. The predicted molar refractivity (Wildman–Crippen MR) is 91.2 cm³/mol. The molecular weight excluding hydrogens is 346 g/mol. The van der Waals surface area contributed by atoms with E-state index in [2.05, 4.69) is 32.9 Å². The van der Waals surface area contributed by atoms with Gasteiger partial charge in [0, 0.05) is 36.8 Å². The molecular formula is C16H24BrN3O2. The molecule has 0 unspecified atom stereocenters. The van der Waals surface area contributed by atoms with Crippen LogP contribution in [-0.4, -0.2) is 47.8 Å². The van der Waals surface area contributed by atoms with Gasteiger partial charge in [-0.05, 0) is 61.7 Å². The maximum atomic E-state index is 12.1. The second-order valence-corrected chi connectivity index (χ2v) is 7.56. The SMILES string of the molecule is CN(c1ccc(Br)cn1)C1CCN(C(=O)OC(C)(C)C)CC1. The zero-order valence-electron chi connectivity index (χ0n) is 13.7. The lowest BCUT2D eigenvalue weighted by Crippen LogP contribution is -2.47. The number of piperidine rings is 1. The molecule has 0 aliphatic carbocycles. The maximum Gasteiger partial charge on any atom is 0.410 e. The molecule has 1 saturated heterocycles. The van der Waals surface area contributed by atoms with Crippen LogP contribution in [0.4, 0.5) is 10.6 Å². The molecule has 0 atom stereocenters. The van der Waals surface area contributed by atoms with Crippen LogP contribution in [0.1, 0.15) is 33.6 Å². The van der Waals surface area contributed by atoms with Crippen molar-refractivity contribution >= 4 is 27.8 Å². The minimum atomic E-state index is -0.438. The van der Waals surface area contributed by atoms with Crippen LogP contribution in [0.15, 0.2) is 22.8 Å². The fraction of sp³-hybridized carbons (Fsp3) is 0.625. The molecule has 0 saturated carbocycles. The average Bonchev–Trinajstić information content (AvgIpc) is 2.46. The molecule has 122 valence electrons. The summed E-state index contributed by atoms with van der Waals surface area (Å²) in [6.07, 6.45) is 3.44. The molecule has 0 spiro atoms. The van der Waals surface area contributed by atoms with Gasteiger partial charge in [-0.2, -0.15) is 0 Å². The van der Waals surface area contributed by atoms with E-state index in [1.807, 2.05) is 39.1 Å². The van der Waals surface area contributed by atoms with Crippen LogP contribution in [0.25, 0.3) is 0 Å². The third-order valence-electron chi connectivity index (χ3n) is 3.74. The van der Waals surface area contributed by atoms with Gasteiger partial charge in [0.25, 0.3) is 0 Å². The number of hydrogen-bond donors (Lipinski definition) is 0. The van der Waals surface area contributed by atoms with E-state index in [0.29, 0.717) is 6.04 Å². The zero-order chi connectivity index (χ0) is 16.3. The Bertz CT molecular complexity index is 505. The van der Waals surface area contributed by atoms with Crippen molar-refractivity contribution in [2.24, 2.45) is 0 Å². The van der Waals surface area contributed by atoms with E-state index >= 15 is 0 Å². The van der Waals surface area contributed by atoms with E-state index < -0.39 is 5.60 Å². The van der Waals surface area contributed by atoms with Crippen LogP contribution in [-0.2, 0) is 4.74 Å². The number of rotatable bonds is 2. The second-order valence-electron chi connectivity index (χ2n) is 6.64. The molecule has 5 nitrogen and oxygen atoms in total. The third-order valence-corrected chi connectivity index (χ3v) is 4.21. The Kier molecular flexibility index (Phi) is 5.32. The van der Waals surface area contributed by atoms with Crippen molar-refractivity contribution in [1.82, 2.24) is 9.88 Å². The number of amides is 1. The van der Waals surface area contributed by atoms with Gasteiger partial charge >= 0.3 is 6.09 Å². The van der Waals surface area contributed by atoms with Crippen LogP contribution >= 0.6 is 15.9 Å². The van der Waals surface area contributed by atoms with Gasteiger partial charge in [-0.3, -0.25) is 0 Å². The summed E-state index contributed by atoms with van der Waals surface area (Å²) in [7, 11) is 2.06. The van der Waals surface area contributed by atoms with E-state index in [-0.39, 0.29) is 6.09 Å². The van der Waals surface area contributed by atoms with Crippen LogP contribution in [0.3, 0.4) is 0 Å². The fourth-order valence-electron chi connectivity index (χ4n) is 2.53. The Morgan fingerprint density at radius 3 is 2.50 bits per heavy atom. The molecule has 0 aromatic carbocycles. The number of anilines is 1. The minimum absolute atomic E-state index is 0.213. The molecule has 1 amide bonds. The molecule has 0 radical (unpaired) electrons. The van der Waals surface area contributed by atoms with Gasteiger partial charge in [0.05, 0.1) is 0 Å². The largest absolute Gasteiger partial charge is 0.444 e.